The fourth-order valence-electron chi connectivity index (χ4n) is 5.90. The lowest BCUT2D eigenvalue weighted by atomic mass is 9.12. The molecule has 0 bridgehead atoms. The van der Waals surface area contributed by atoms with Gasteiger partial charge in [0, 0.05) is 5.19 Å². The maximum absolute atomic E-state index is 16.4. The first-order valence-corrected chi connectivity index (χ1v) is 16.7. The summed E-state index contributed by atoms with van der Waals surface area (Å²) in [6.07, 6.45) is -7.13. The highest BCUT2D eigenvalue weighted by atomic mass is 35.6. The highest BCUT2D eigenvalue weighted by Gasteiger charge is 2.53. The summed E-state index contributed by atoms with van der Waals surface area (Å²) in [6.45, 7) is 2.16. The molecule has 0 radical (unpaired) electrons. The number of hydrogen-bond donors (Lipinski definition) is 0. The molecule has 0 heterocycles. The summed E-state index contributed by atoms with van der Waals surface area (Å²) < 4.78 is 290. The molecule has 0 N–H and O–H groups in total. The van der Waals surface area contributed by atoms with Crippen LogP contribution in [0.25, 0.3) is 0 Å². The third-order valence-electron chi connectivity index (χ3n) is 8.33. The molecule has 0 aliphatic rings. The highest BCUT2D eigenvalue weighted by Crippen LogP contribution is 2.31. The van der Waals surface area contributed by atoms with E-state index in [1.54, 1.807) is 0 Å². The van der Waals surface area contributed by atoms with E-state index in [0.29, 0.717) is 0 Å². The van der Waals surface area contributed by atoms with E-state index in [1.165, 1.54) is 0 Å². The summed E-state index contributed by atoms with van der Waals surface area (Å²) in [4.78, 5) is 0. The Balaban J connectivity index is 2.68. The van der Waals surface area contributed by atoms with E-state index in [2.05, 4.69) is 0 Å². The quantitative estimate of drug-likeness (QED) is 0.0616. The van der Waals surface area contributed by atoms with E-state index in [9.17, 15) is 39.5 Å². The first-order valence-electron chi connectivity index (χ1n) is 13.3. The molecule has 0 saturated carbocycles. The minimum absolute atomic E-state index is 0.555. The second kappa shape index (κ2) is 13.0. The van der Waals surface area contributed by atoms with Crippen molar-refractivity contribution in [3.63, 3.8) is 0 Å². The number of rotatable bonds is 7. The van der Waals surface area contributed by atoms with E-state index in [4.69, 9.17) is 11.1 Å². The van der Waals surface area contributed by atoms with E-state index >= 15 is 43.9 Å². The molecule has 0 aromatic heterocycles. The Kier molecular flexibility index (Phi) is 10.1. The lowest BCUT2D eigenvalue weighted by Crippen LogP contribution is -2.81. The van der Waals surface area contributed by atoms with Crippen molar-refractivity contribution in [2.45, 2.75) is 25.9 Å². The highest BCUT2D eigenvalue weighted by molar-refractivity contribution is 7.27. The number of halogens is 20. The van der Waals surface area contributed by atoms with Crippen molar-refractivity contribution in [1.29, 1.82) is 0 Å². The molecule has 0 spiro atoms. The molecule has 4 aromatic carbocycles. The van der Waals surface area contributed by atoms with Crippen molar-refractivity contribution >= 4 is 51.6 Å². The SMILES string of the molecule is CC[Si](Cl)(CC)c1c(F)c(F)c([B-](c2c(F)c(F)c(F)c(F)c2F)(c2c(F)c(F)c(F)c(F)c2F)c2c(F)c(F)c(F)c(F)c2F)c(F)c1F. The lowest BCUT2D eigenvalue weighted by molar-refractivity contribution is 0.379. The average molecular weight is 782 g/mol. The maximum atomic E-state index is 16.4. The molecule has 0 aliphatic carbocycles. The summed E-state index contributed by atoms with van der Waals surface area (Å²) >= 11 is 6.18. The first-order chi connectivity index (χ1) is 23.0. The third-order valence-corrected chi connectivity index (χ3v) is 14.1. The zero-order chi connectivity index (χ0) is 38.3. The van der Waals surface area contributed by atoms with Crippen LogP contribution in [0.15, 0.2) is 0 Å². The fourth-order valence-corrected chi connectivity index (χ4v) is 8.61. The zero-order valence-electron chi connectivity index (χ0n) is 24.1. The van der Waals surface area contributed by atoms with Gasteiger partial charge >= 0.3 is 0 Å². The zero-order valence-corrected chi connectivity index (χ0v) is 25.8. The van der Waals surface area contributed by atoms with E-state index < -0.39 is 163 Å². The normalized spacial score (nSPS) is 12.4. The summed E-state index contributed by atoms with van der Waals surface area (Å²) in [7, 11) is -4.39. The van der Waals surface area contributed by atoms with Gasteiger partial charge in [-0.05, 0) is 12.1 Å². The van der Waals surface area contributed by atoms with Crippen LogP contribution in [0.5, 0.6) is 0 Å². The van der Waals surface area contributed by atoms with E-state index in [-0.39, 0.29) is 0 Å². The Morgan fingerprint density at radius 2 is 0.480 bits per heavy atom. The molecule has 0 amide bonds. The Morgan fingerprint density at radius 1 is 0.320 bits per heavy atom. The lowest BCUT2D eigenvalue weighted by Gasteiger charge is -2.45. The minimum Gasteiger partial charge on any atom is -0.207 e. The summed E-state index contributed by atoms with van der Waals surface area (Å²) in [5.74, 6) is -65.0. The summed E-state index contributed by atoms with van der Waals surface area (Å²) in [5, 5.41) is -1.79. The molecule has 0 saturated heterocycles. The molecule has 22 heteroatoms. The molecule has 4 rings (SSSR count). The Morgan fingerprint density at radius 3 is 0.660 bits per heavy atom. The molecular weight excluding hydrogens is 772 g/mol. The Bertz CT molecular complexity index is 1830. The monoisotopic (exact) mass is 781 g/mol. The van der Waals surface area contributed by atoms with Crippen molar-refractivity contribution in [1.82, 2.24) is 0 Å². The summed E-state index contributed by atoms with van der Waals surface area (Å²) in [5.41, 5.74) is -13.8. The molecule has 50 heavy (non-hydrogen) atoms. The minimum atomic E-state index is -7.13. The molecule has 0 fully saturated rings. The molecule has 0 unspecified atom stereocenters. The molecule has 0 nitrogen and oxygen atoms in total. The van der Waals surface area contributed by atoms with Crippen LogP contribution in [0.3, 0.4) is 0 Å². The van der Waals surface area contributed by atoms with Crippen molar-refractivity contribution in [2.24, 2.45) is 0 Å². The van der Waals surface area contributed by atoms with Gasteiger partial charge in [-0.3, -0.25) is 0 Å². The topological polar surface area (TPSA) is 0 Å². The van der Waals surface area contributed by atoms with Crippen molar-refractivity contribution in [3.05, 3.63) is 111 Å². The molecule has 270 valence electrons. The smallest absolute Gasteiger partial charge is 0.200 e. The third kappa shape index (κ3) is 5.00. The van der Waals surface area contributed by atoms with Gasteiger partial charge in [-0.1, -0.05) is 13.8 Å². The maximum Gasteiger partial charge on any atom is 0.200 e. The predicted octanol–water partition coefficient (Wildman–Crippen LogP) is 7.14. The van der Waals surface area contributed by atoms with Crippen LogP contribution < -0.4 is 27.0 Å². The number of benzene rings is 4. The van der Waals surface area contributed by atoms with Gasteiger partial charge in [0.05, 0.1) is 0 Å². The molecule has 0 aliphatic heterocycles. The van der Waals surface area contributed by atoms with Gasteiger partial charge in [-0.15, -0.1) is 21.9 Å². The molecular formula is C28H10BClF19Si-. The van der Waals surface area contributed by atoms with Gasteiger partial charge in [0.25, 0.3) is 0 Å². The first kappa shape index (κ1) is 38.9. The van der Waals surface area contributed by atoms with E-state index in [1.807, 2.05) is 0 Å². The average Bonchev–Trinajstić information content (AvgIpc) is 3.08. The van der Waals surface area contributed by atoms with Gasteiger partial charge in [-0.25, -0.2) is 83.4 Å². The number of hydrogen-bond acceptors (Lipinski definition) is 0. The molecule has 0 atom stereocenters. The van der Waals surface area contributed by atoms with Crippen LogP contribution in [0, 0.1) is 111 Å². The van der Waals surface area contributed by atoms with Crippen LogP contribution in [-0.4, -0.2) is 13.5 Å². The largest absolute Gasteiger partial charge is 0.207 e. The van der Waals surface area contributed by atoms with Gasteiger partial charge < -0.3 is 0 Å². The second-order valence-electron chi connectivity index (χ2n) is 10.5. The van der Waals surface area contributed by atoms with Gasteiger partial charge in [0.1, 0.15) is 52.7 Å². The van der Waals surface area contributed by atoms with Crippen LogP contribution >= 0.6 is 11.1 Å². The van der Waals surface area contributed by atoms with Crippen LogP contribution in [0.2, 0.25) is 12.1 Å². The molecule has 4 aromatic rings. The van der Waals surface area contributed by atoms with Gasteiger partial charge in [0.2, 0.25) is 0 Å². The van der Waals surface area contributed by atoms with Crippen molar-refractivity contribution in [2.75, 3.05) is 0 Å². The standard InChI is InChI=1S/C28H10BClF19Si/c1-3-50(30,4-2)28-26(48)15(37)8(16(38)27(28)49)29(5-9(31)17(39)23(45)18(40)10(5)32,6-11(33)19(41)24(46)20(42)12(6)34)7-13(35)21(43)25(47)22(44)14(7)36/h3-4H2,1-2H3/q-1. The van der Waals surface area contributed by atoms with Crippen LogP contribution in [0.1, 0.15) is 13.8 Å². The van der Waals surface area contributed by atoms with Crippen LogP contribution in [0.4, 0.5) is 83.4 Å². The second-order valence-corrected chi connectivity index (χ2v) is 16.5. The van der Waals surface area contributed by atoms with Crippen molar-refractivity contribution < 1.29 is 83.4 Å². The Hall–Kier alpha value is -3.88. The Labute approximate surface area is 271 Å². The van der Waals surface area contributed by atoms with Gasteiger partial charge in [0.15, 0.2) is 71.4 Å². The fraction of sp³-hybridized carbons (Fsp3) is 0.143. The van der Waals surface area contributed by atoms with Gasteiger partial charge in [-0.2, -0.15) is 11.1 Å². The van der Waals surface area contributed by atoms with E-state index in [0.717, 1.165) is 13.8 Å². The van der Waals surface area contributed by atoms with Crippen LogP contribution in [-0.2, 0) is 0 Å². The predicted molar refractivity (Wildman–Crippen MR) is 141 cm³/mol. The van der Waals surface area contributed by atoms with Crippen molar-refractivity contribution in [3.8, 4) is 0 Å². The summed E-state index contributed by atoms with van der Waals surface area (Å²) in [6, 6.07) is -1.11.